The van der Waals surface area contributed by atoms with E-state index < -0.39 is 5.54 Å². The van der Waals surface area contributed by atoms with Gasteiger partial charge in [0.15, 0.2) is 5.82 Å². The second-order valence-electron chi connectivity index (χ2n) is 10.3. The zero-order valence-corrected chi connectivity index (χ0v) is 23.3. The summed E-state index contributed by atoms with van der Waals surface area (Å²) in [5.41, 5.74) is 4.67. The number of carbonyl (C=O) groups excluding carboxylic acids is 1. The third-order valence-electron chi connectivity index (χ3n) is 7.51. The van der Waals surface area contributed by atoms with Crippen LogP contribution in [0.1, 0.15) is 42.9 Å². The number of carbonyl (C=O) groups is 1. The molecule has 0 bridgehead atoms. The molecule has 1 aliphatic heterocycles. The Morgan fingerprint density at radius 3 is 2.51 bits per heavy atom. The van der Waals surface area contributed by atoms with Crippen LogP contribution < -0.4 is 20.4 Å². The molecule has 0 saturated heterocycles. The molecule has 4 aromatic rings. The van der Waals surface area contributed by atoms with E-state index in [4.69, 9.17) is 0 Å². The van der Waals surface area contributed by atoms with E-state index in [1.807, 2.05) is 41.9 Å². The number of anilines is 3. The minimum atomic E-state index is -0.623. The maximum Gasteiger partial charge on any atom is 0.252 e. The van der Waals surface area contributed by atoms with Crippen LogP contribution in [0.3, 0.4) is 0 Å². The van der Waals surface area contributed by atoms with E-state index in [1.165, 1.54) is 20.9 Å². The van der Waals surface area contributed by atoms with Crippen LogP contribution in [0.25, 0.3) is 21.2 Å². The Morgan fingerprint density at radius 2 is 1.76 bits per heavy atom. The molecule has 0 spiro atoms. The fourth-order valence-corrected chi connectivity index (χ4v) is 6.10. The number of likely N-dealkylation sites (N-methyl/N-ethyl adjacent to an activating group) is 2. The van der Waals surface area contributed by atoms with E-state index in [9.17, 15) is 4.79 Å². The van der Waals surface area contributed by atoms with Crippen molar-refractivity contribution in [2.75, 3.05) is 36.3 Å². The van der Waals surface area contributed by atoms with Gasteiger partial charge in [0.25, 0.3) is 5.91 Å². The van der Waals surface area contributed by atoms with Gasteiger partial charge in [0, 0.05) is 41.2 Å². The van der Waals surface area contributed by atoms with Crippen molar-refractivity contribution < 1.29 is 4.79 Å². The molecule has 0 unspecified atom stereocenters. The van der Waals surface area contributed by atoms with Crippen LogP contribution in [-0.4, -0.2) is 42.8 Å². The maximum atomic E-state index is 13.1. The summed E-state index contributed by atoms with van der Waals surface area (Å²) in [4.78, 5) is 19.4. The summed E-state index contributed by atoms with van der Waals surface area (Å²) < 4.78 is 0. The van der Waals surface area contributed by atoms with Gasteiger partial charge >= 0.3 is 0 Å². The highest BCUT2D eigenvalue weighted by Gasteiger charge is 2.41. The SMILES string of the molecule is CNCc1ccccc1-c1ccc([C@@H](C)Nc2nnc(C)c3cc4c(cc23)N(C)C(=O)C(C)(C)N4C)s1. The van der Waals surface area contributed by atoms with E-state index in [1.54, 1.807) is 16.2 Å². The fraction of sp³-hybridized carbons (Fsp3) is 0.345. The molecule has 0 saturated carbocycles. The van der Waals surface area contributed by atoms with Gasteiger partial charge in [0.05, 0.1) is 23.1 Å². The first kappa shape index (κ1) is 25.2. The molecule has 2 aromatic heterocycles. The Labute approximate surface area is 222 Å². The van der Waals surface area contributed by atoms with E-state index in [2.05, 4.69) is 81.2 Å². The Hall–Kier alpha value is -3.49. The van der Waals surface area contributed by atoms with Gasteiger partial charge in [0.2, 0.25) is 0 Å². The number of thiophene rings is 1. The number of hydrogen-bond donors (Lipinski definition) is 2. The number of fused-ring (bicyclic) bond motifs is 2. The number of aryl methyl sites for hydroxylation is 1. The number of aromatic nitrogens is 2. The lowest BCUT2D eigenvalue weighted by Gasteiger charge is -2.45. The molecule has 37 heavy (non-hydrogen) atoms. The van der Waals surface area contributed by atoms with Crippen molar-refractivity contribution in [3.63, 3.8) is 0 Å². The Morgan fingerprint density at radius 1 is 1.03 bits per heavy atom. The van der Waals surface area contributed by atoms with E-state index in [0.29, 0.717) is 0 Å². The quantitative estimate of drug-likeness (QED) is 0.341. The van der Waals surface area contributed by atoms with Crippen LogP contribution in [0, 0.1) is 6.92 Å². The van der Waals surface area contributed by atoms with Gasteiger partial charge in [0.1, 0.15) is 5.54 Å². The van der Waals surface area contributed by atoms with Gasteiger partial charge in [-0.1, -0.05) is 24.3 Å². The van der Waals surface area contributed by atoms with Gasteiger partial charge < -0.3 is 20.4 Å². The molecule has 0 radical (unpaired) electrons. The fourth-order valence-electron chi connectivity index (χ4n) is 5.02. The van der Waals surface area contributed by atoms with Gasteiger partial charge in [-0.3, -0.25) is 4.79 Å². The molecule has 8 heteroatoms. The summed E-state index contributed by atoms with van der Waals surface area (Å²) in [6.07, 6.45) is 0. The summed E-state index contributed by atoms with van der Waals surface area (Å²) in [6.45, 7) is 8.87. The van der Waals surface area contributed by atoms with Crippen LogP contribution in [0.2, 0.25) is 0 Å². The average Bonchev–Trinajstić information content (AvgIpc) is 3.38. The Kier molecular flexibility index (Phi) is 6.41. The van der Waals surface area contributed by atoms with E-state index in [-0.39, 0.29) is 11.9 Å². The number of nitrogens with one attached hydrogen (secondary N) is 2. The van der Waals surface area contributed by atoms with E-state index >= 15 is 0 Å². The smallest absolute Gasteiger partial charge is 0.252 e. The lowest BCUT2D eigenvalue weighted by Crippen LogP contribution is -2.57. The minimum Gasteiger partial charge on any atom is -0.361 e. The number of amides is 1. The second kappa shape index (κ2) is 9.43. The third kappa shape index (κ3) is 4.24. The molecule has 7 nitrogen and oxygen atoms in total. The summed E-state index contributed by atoms with van der Waals surface area (Å²) in [6, 6.07) is 17.1. The molecule has 192 valence electrons. The van der Waals surface area contributed by atoms with Crippen molar-refractivity contribution >= 4 is 45.2 Å². The Bertz CT molecular complexity index is 1490. The molecule has 5 rings (SSSR count). The maximum absolute atomic E-state index is 13.1. The van der Waals surface area contributed by atoms with Crippen molar-refractivity contribution in [2.45, 2.75) is 45.8 Å². The third-order valence-corrected chi connectivity index (χ3v) is 8.81. The van der Waals surface area contributed by atoms with Gasteiger partial charge in [-0.15, -0.1) is 16.4 Å². The molecule has 1 amide bonds. The minimum absolute atomic E-state index is 0.0346. The molecule has 1 aliphatic rings. The molecule has 0 fully saturated rings. The lowest BCUT2D eigenvalue weighted by atomic mass is 9.94. The molecule has 0 aliphatic carbocycles. The standard InChI is InChI=1S/C29H34N6OS/c1-17-21-14-24-23(34(6)28(36)29(3,4)35(24)7)15-22(21)27(33-32-17)31-18(2)25-12-13-26(37-25)20-11-9-8-10-19(20)16-30-5/h8-15,18,30H,16H2,1-7H3,(H,31,33)/t18-/m1/s1. The van der Waals surface area contributed by atoms with Crippen molar-refractivity contribution in [3.05, 3.63) is 64.7 Å². The van der Waals surface area contributed by atoms with Crippen molar-refractivity contribution in [2.24, 2.45) is 0 Å². The number of hydrogen-bond acceptors (Lipinski definition) is 7. The molecule has 1 atom stereocenters. The topological polar surface area (TPSA) is 73.4 Å². The van der Waals surface area contributed by atoms with Crippen molar-refractivity contribution in [1.82, 2.24) is 15.5 Å². The summed E-state index contributed by atoms with van der Waals surface area (Å²) in [5, 5.41) is 17.9. The van der Waals surface area contributed by atoms with Crippen LogP contribution in [0.15, 0.2) is 48.5 Å². The van der Waals surface area contributed by atoms with Gasteiger partial charge in [-0.2, -0.15) is 5.10 Å². The predicted molar refractivity (Wildman–Crippen MR) is 155 cm³/mol. The molecular weight excluding hydrogens is 480 g/mol. The Balaban J connectivity index is 1.51. The lowest BCUT2D eigenvalue weighted by molar-refractivity contribution is -0.122. The monoisotopic (exact) mass is 514 g/mol. The molecule has 2 N–H and O–H groups in total. The highest BCUT2D eigenvalue weighted by atomic mass is 32.1. The van der Waals surface area contributed by atoms with Crippen molar-refractivity contribution in [1.29, 1.82) is 0 Å². The molecule has 3 heterocycles. The van der Waals surface area contributed by atoms with Gasteiger partial charge in [-0.25, -0.2) is 0 Å². The van der Waals surface area contributed by atoms with Crippen LogP contribution in [-0.2, 0) is 11.3 Å². The van der Waals surface area contributed by atoms with Crippen molar-refractivity contribution in [3.8, 4) is 10.4 Å². The number of nitrogens with zero attached hydrogens (tertiary/aromatic N) is 4. The van der Waals surface area contributed by atoms with E-state index in [0.717, 1.165) is 40.2 Å². The first-order valence-electron chi connectivity index (χ1n) is 12.6. The zero-order valence-electron chi connectivity index (χ0n) is 22.5. The second-order valence-corrected chi connectivity index (χ2v) is 11.4. The summed E-state index contributed by atoms with van der Waals surface area (Å²) in [7, 11) is 5.79. The highest BCUT2D eigenvalue weighted by molar-refractivity contribution is 7.15. The summed E-state index contributed by atoms with van der Waals surface area (Å²) in [5.74, 6) is 0.780. The zero-order chi connectivity index (χ0) is 26.5. The normalized spacial score (nSPS) is 15.7. The highest BCUT2D eigenvalue weighted by Crippen LogP contribution is 2.43. The van der Waals surface area contributed by atoms with Crippen LogP contribution in [0.5, 0.6) is 0 Å². The van der Waals surface area contributed by atoms with Crippen LogP contribution in [0.4, 0.5) is 17.2 Å². The average molecular weight is 515 g/mol. The largest absolute Gasteiger partial charge is 0.361 e. The predicted octanol–water partition coefficient (Wildman–Crippen LogP) is 5.75. The number of rotatable bonds is 6. The molecule has 2 aromatic carbocycles. The molecular formula is C29H34N6OS. The first-order valence-corrected chi connectivity index (χ1v) is 13.4. The van der Waals surface area contributed by atoms with Crippen LogP contribution >= 0.6 is 11.3 Å². The first-order chi connectivity index (χ1) is 17.6. The van der Waals surface area contributed by atoms with Gasteiger partial charge in [-0.05, 0) is 70.1 Å². The number of benzene rings is 2. The summed E-state index contributed by atoms with van der Waals surface area (Å²) >= 11 is 1.79.